The minimum Gasteiger partial charge on any atom is -0.462 e. The summed E-state index contributed by atoms with van der Waals surface area (Å²) in [6.07, 6.45) is 60.9. The number of allylic oxidation sites excluding steroid dienone is 8. The highest BCUT2D eigenvalue weighted by atomic mass is 16.6. The largest absolute Gasteiger partial charge is 0.462 e. The van der Waals surface area contributed by atoms with Crippen molar-refractivity contribution in [2.24, 2.45) is 0 Å². The number of esters is 3. The van der Waals surface area contributed by atoms with Gasteiger partial charge in [-0.2, -0.15) is 0 Å². The lowest BCUT2D eigenvalue weighted by molar-refractivity contribution is -0.167. The number of hydrogen-bond donors (Lipinski definition) is 0. The SMILES string of the molecule is CCC/C=C\C/C=C\CCCCCCCC(=O)OC(COC(=O)CCCCCCCCC/C=C\C/C=C\CCCCCC)COC(=O)CCCCCCCCCCCCCCC. The average molecular weight is 869 g/mol. The maximum absolute atomic E-state index is 12.8. The Bertz CT molecular complexity index is 1090. The van der Waals surface area contributed by atoms with Gasteiger partial charge in [0.05, 0.1) is 0 Å². The summed E-state index contributed by atoms with van der Waals surface area (Å²) in [5.74, 6) is -0.893. The molecule has 0 bridgehead atoms. The molecule has 0 aromatic rings. The number of carbonyl (C=O) groups is 3. The van der Waals surface area contributed by atoms with Gasteiger partial charge in [-0.25, -0.2) is 0 Å². The molecule has 0 saturated heterocycles. The van der Waals surface area contributed by atoms with E-state index < -0.39 is 6.10 Å². The molecule has 6 heteroatoms. The molecule has 360 valence electrons. The number of carbonyl (C=O) groups excluding carboxylic acids is 3. The summed E-state index contributed by atoms with van der Waals surface area (Å²) in [7, 11) is 0. The van der Waals surface area contributed by atoms with E-state index in [9.17, 15) is 14.4 Å². The van der Waals surface area contributed by atoms with Gasteiger partial charge >= 0.3 is 17.9 Å². The van der Waals surface area contributed by atoms with Crippen molar-refractivity contribution in [3.05, 3.63) is 48.6 Å². The molecule has 0 aromatic heterocycles. The number of rotatable bonds is 48. The summed E-state index contributed by atoms with van der Waals surface area (Å²) in [6.45, 7) is 6.56. The Labute approximate surface area is 384 Å². The molecular weight excluding hydrogens is 769 g/mol. The summed E-state index contributed by atoms with van der Waals surface area (Å²) in [6, 6.07) is 0. The van der Waals surface area contributed by atoms with E-state index in [-0.39, 0.29) is 31.1 Å². The first-order valence-electron chi connectivity index (χ1n) is 26.6. The zero-order valence-corrected chi connectivity index (χ0v) is 41.1. The third kappa shape index (κ3) is 48.4. The van der Waals surface area contributed by atoms with Gasteiger partial charge in [-0.05, 0) is 77.0 Å². The molecule has 0 heterocycles. The van der Waals surface area contributed by atoms with Crippen molar-refractivity contribution >= 4 is 17.9 Å². The Morgan fingerprint density at radius 3 is 0.968 bits per heavy atom. The van der Waals surface area contributed by atoms with Gasteiger partial charge in [0, 0.05) is 19.3 Å². The molecule has 0 aliphatic heterocycles. The third-order valence-corrected chi connectivity index (χ3v) is 11.5. The first-order chi connectivity index (χ1) is 30.5. The average Bonchev–Trinajstić information content (AvgIpc) is 3.27. The summed E-state index contributed by atoms with van der Waals surface area (Å²) in [5, 5.41) is 0. The van der Waals surface area contributed by atoms with Crippen molar-refractivity contribution in [1.82, 2.24) is 0 Å². The van der Waals surface area contributed by atoms with Crippen LogP contribution >= 0.6 is 0 Å². The van der Waals surface area contributed by atoms with Crippen LogP contribution in [0.15, 0.2) is 48.6 Å². The highest BCUT2D eigenvalue weighted by molar-refractivity contribution is 5.71. The summed E-state index contributed by atoms with van der Waals surface area (Å²) >= 11 is 0. The zero-order valence-electron chi connectivity index (χ0n) is 41.1. The van der Waals surface area contributed by atoms with E-state index in [0.717, 1.165) is 103 Å². The van der Waals surface area contributed by atoms with Gasteiger partial charge in [-0.15, -0.1) is 0 Å². The third-order valence-electron chi connectivity index (χ3n) is 11.5. The lowest BCUT2D eigenvalue weighted by atomic mass is 10.0. The van der Waals surface area contributed by atoms with Gasteiger partial charge in [0.25, 0.3) is 0 Å². The molecule has 0 aromatic carbocycles. The molecule has 0 spiro atoms. The predicted molar refractivity (Wildman–Crippen MR) is 265 cm³/mol. The molecule has 62 heavy (non-hydrogen) atoms. The monoisotopic (exact) mass is 869 g/mol. The van der Waals surface area contributed by atoms with Crippen LogP contribution in [0.3, 0.4) is 0 Å². The molecule has 0 aliphatic rings. The Morgan fingerprint density at radius 1 is 0.323 bits per heavy atom. The molecular formula is C56H100O6. The molecule has 0 fully saturated rings. The summed E-state index contributed by atoms with van der Waals surface area (Å²) in [5.41, 5.74) is 0. The van der Waals surface area contributed by atoms with Crippen molar-refractivity contribution in [3.63, 3.8) is 0 Å². The van der Waals surface area contributed by atoms with E-state index in [1.54, 1.807) is 0 Å². The molecule has 0 radical (unpaired) electrons. The second-order valence-electron chi connectivity index (χ2n) is 17.8. The van der Waals surface area contributed by atoms with Crippen LogP contribution < -0.4 is 0 Å². The minimum atomic E-state index is -0.780. The quantitative estimate of drug-likeness (QED) is 0.0262. The van der Waals surface area contributed by atoms with E-state index in [1.165, 1.54) is 128 Å². The maximum atomic E-state index is 12.8. The Kier molecular flexibility index (Phi) is 48.8. The van der Waals surface area contributed by atoms with Crippen molar-refractivity contribution in [2.75, 3.05) is 13.2 Å². The van der Waals surface area contributed by atoms with Crippen LogP contribution in [0.4, 0.5) is 0 Å². The first-order valence-corrected chi connectivity index (χ1v) is 26.6. The van der Waals surface area contributed by atoms with Crippen LogP contribution in [0, 0.1) is 0 Å². The normalized spacial score (nSPS) is 12.4. The standard InChI is InChI=1S/C56H100O6/c1-4-7-10-13-16-19-22-25-26-27-28-29-32-34-37-40-43-46-49-55(58)61-52-53(62-56(59)50-47-44-41-38-35-31-24-21-18-15-12-9-6-3)51-60-54(57)48-45-42-39-36-33-30-23-20-17-14-11-8-5-2/h12,15,19,21-22,24,26-27,53H,4-11,13-14,16-18,20,23,25,28-52H2,1-3H3/b15-12-,22-19-,24-21-,27-26-. The van der Waals surface area contributed by atoms with E-state index in [0.29, 0.717) is 19.3 Å². The van der Waals surface area contributed by atoms with Crippen LogP contribution in [0.2, 0.25) is 0 Å². The lowest BCUT2D eigenvalue weighted by Crippen LogP contribution is -2.30. The maximum Gasteiger partial charge on any atom is 0.306 e. The second kappa shape index (κ2) is 51.0. The molecule has 1 unspecified atom stereocenters. The second-order valence-corrected chi connectivity index (χ2v) is 17.8. The van der Waals surface area contributed by atoms with Crippen LogP contribution in [-0.4, -0.2) is 37.2 Å². The molecule has 0 amide bonds. The molecule has 0 N–H and O–H groups in total. The number of ether oxygens (including phenoxy) is 3. The van der Waals surface area contributed by atoms with Gasteiger partial charge in [0.2, 0.25) is 0 Å². The van der Waals surface area contributed by atoms with Crippen LogP contribution in [-0.2, 0) is 28.6 Å². The van der Waals surface area contributed by atoms with Crippen molar-refractivity contribution < 1.29 is 28.6 Å². The molecule has 0 saturated carbocycles. The van der Waals surface area contributed by atoms with E-state index in [4.69, 9.17) is 14.2 Å². The van der Waals surface area contributed by atoms with Crippen molar-refractivity contribution in [1.29, 1.82) is 0 Å². The number of unbranched alkanes of at least 4 members (excludes halogenated alkanes) is 29. The molecule has 0 aliphatic carbocycles. The topological polar surface area (TPSA) is 78.9 Å². The van der Waals surface area contributed by atoms with Gasteiger partial charge in [0.1, 0.15) is 13.2 Å². The van der Waals surface area contributed by atoms with Crippen molar-refractivity contribution in [2.45, 2.75) is 277 Å². The van der Waals surface area contributed by atoms with E-state index in [1.807, 2.05) is 0 Å². The predicted octanol–water partition coefficient (Wildman–Crippen LogP) is 17.5. The van der Waals surface area contributed by atoms with Crippen LogP contribution in [0.1, 0.15) is 271 Å². The molecule has 6 nitrogen and oxygen atoms in total. The fourth-order valence-electron chi connectivity index (χ4n) is 7.51. The van der Waals surface area contributed by atoms with E-state index >= 15 is 0 Å². The first kappa shape index (κ1) is 59.4. The van der Waals surface area contributed by atoms with Gasteiger partial charge < -0.3 is 14.2 Å². The Hall–Kier alpha value is -2.63. The lowest BCUT2D eigenvalue weighted by Gasteiger charge is -2.18. The fourth-order valence-corrected chi connectivity index (χ4v) is 7.51. The van der Waals surface area contributed by atoms with Crippen LogP contribution in [0.25, 0.3) is 0 Å². The Morgan fingerprint density at radius 2 is 0.613 bits per heavy atom. The Balaban J connectivity index is 4.36. The fraction of sp³-hybridized carbons (Fsp3) is 0.804. The number of hydrogen-bond acceptors (Lipinski definition) is 6. The highest BCUT2D eigenvalue weighted by Gasteiger charge is 2.19. The summed E-state index contributed by atoms with van der Waals surface area (Å²) < 4.78 is 16.8. The molecule has 0 rings (SSSR count). The summed E-state index contributed by atoms with van der Waals surface area (Å²) in [4.78, 5) is 38.0. The molecule has 1 atom stereocenters. The van der Waals surface area contributed by atoms with Crippen molar-refractivity contribution in [3.8, 4) is 0 Å². The van der Waals surface area contributed by atoms with Gasteiger partial charge in [-0.1, -0.05) is 223 Å². The minimum absolute atomic E-state index is 0.0791. The van der Waals surface area contributed by atoms with Crippen LogP contribution in [0.5, 0.6) is 0 Å². The smallest absolute Gasteiger partial charge is 0.306 e. The van der Waals surface area contributed by atoms with E-state index in [2.05, 4.69) is 69.4 Å². The zero-order chi connectivity index (χ0) is 45.1. The highest BCUT2D eigenvalue weighted by Crippen LogP contribution is 2.15. The van der Waals surface area contributed by atoms with Gasteiger partial charge in [-0.3, -0.25) is 14.4 Å². The van der Waals surface area contributed by atoms with Gasteiger partial charge in [0.15, 0.2) is 6.10 Å².